The minimum Gasteiger partial charge on any atom is -0.382 e. The molecule has 0 bridgehead atoms. The molecule has 0 unspecified atom stereocenters. The van der Waals surface area contributed by atoms with Crippen LogP contribution in [0.4, 0.5) is 4.39 Å². The zero-order valence-corrected chi connectivity index (χ0v) is 18.3. The fourth-order valence-electron chi connectivity index (χ4n) is 3.29. The Morgan fingerprint density at radius 3 is 2.15 bits per heavy atom. The summed E-state index contributed by atoms with van der Waals surface area (Å²) in [5, 5.41) is 3.50. The van der Waals surface area contributed by atoms with E-state index in [1.165, 1.54) is 6.42 Å². The molecule has 2 nitrogen and oxygen atoms in total. The Bertz CT molecular complexity index is 449. The lowest BCUT2D eigenvalue weighted by molar-refractivity contribution is 0.246. The van der Waals surface area contributed by atoms with Crippen molar-refractivity contribution in [2.75, 3.05) is 6.54 Å². The van der Waals surface area contributed by atoms with Crippen LogP contribution in [-0.2, 0) is 0 Å². The van der Waals surface area contributed by atoms with Gasteiger partial charge in [0.2, 0.25) is 0 Å². The quantitative estimate of drug-likeness (QED) is 0.332. The monoisotopic (exact) mass is 366 g/mol. The molecule has 0 radical (unpaired) electrons. The molecular weight excluding hydrogens is 323 g/mol. The molecule has 0 saturated heterocycles. The summed E-state index contributed by atoms with van der Waals surface area (Å²) in [4.78, 5) is 2.41. The molecule has 0 rings (SSSR count). The number of hydrogen-bond donors (Lipinski definition) is 1. The second-order valence-electron chi connectivity index (χ2n) is 7.39. The van der Waals surface area contributed by atoms with Crippen molar-refractivity contribution in [1.29, 1.82) is 0 Å². The molecule has 0 aliphatic carbocycles. The SMILES string of the molecule is C=C(CCCC)N[C@@H](CC(=C)N(CCCC)[C@@H](C)CC)/C(CC)=C(\C)F. The zero-order valence-electron chi connectivity index (χ0n) is 18.3. The molecule has 3 heteroatoms. The molecule has 0 aromatic rings. The van der Waals surface area contributed by atoms with Crippen LogP contribution in [0.5, 0.6) is 0 Å². The lowest BCUT2D eigenvalue weighted by atomic mass is 9.97. The highest BCUT2D eigenvalue weighted by molar-refractivity contribution is 5.19. The van der Waals surface area contributed by atoms with Crippen molar-refractivity contribution in [3.8, 4) is 0 Å². The lowest BCUT2D eigenvalue weighted by Gasteiger charge is -2.35. The van der Waals surface area contributed by atoms with Crippen molar-refractivity contribution in [1.82, 2.24) is 10.2 Å². The molecule has 0 amide bonds. The van der Waals surface area contributed by atoms with E-state index >= 15 is 0 Å². The fraction of sp³-hybridized carbons (Fsp3) is 0.739. The number of nitrogens with zero attached hydrogens (tertiary/aromatic N) is 1. The zero-order chi connectivity index (χ0) is 20.1. The molecule has 152 valence electrons. The van der Waals surface area contributed by atoms with Crippen LogP contribution < -0.4 is 5.32 Å². The van der Waals surface area contributed by atoms with Crippen molar-refractivity contribution >= 4 is 0 Å². The van der Waals surface area contributed by atoms with Crippen LogP contribution in [0.2, 0.25) is 0 Å². The van der Waals surface area contributed by atoms with Gasteiger partial charge in [0.05, 0.1) is 11.9 Å². The van der Waals surface area contributed by atoms with Crippen LogP contribution in [0.25, 0.3) is 0 Å². The van der Waals surface area contributed by atoms with Crippen molar-refractivity contribution in [3.63, 3.8) is 0 Å². The van der Waals surface area contributed by atoms with Crippen LogP contribution >= 0.6 is 0 Å². The highest BCUT2D eigenvalue weighted by Gasteiger charge is 2.21. The molecule has 2 atom stereocenters. The van der Waals surface area contributed by atoms with Gasteiger partial charge >= 0.3 is 0 Å². The van der Waals surface area contributed by atoms with Crippen molar-refractivity contribution in [2.45, 2.75) is 105 Å². The van der Waals surface area contributed by atoms with Gasteiger partial charge in [-0.3, -0.25) is 0 Å². The highest BCUT2D eigenvalue weighted by Crippen LogP contribution is 2.24. The van der Waals surface area contributed by atoms with Gasteiger partial charge in [0, 0.05) is 30.4 Å². The Morgan fingerprint density at radius 2 is 1.69 bits per heavy atom. The standard InChI is InChI=1S/C23H43FN2/c1-9-13-15-18(5)25-23(22(12-4)21(8)24)17-20(7)26(16-14-10-2)19(6)11-3/h19,23,25H,5,7,9-17H2,1-4,6,8H3/b22-21+/t19-,23-/m0/s1. The first-order valence-electron chi connectivity index (χ1n) is 10.6. The normalized spacial score (nSPS) is 14.4. The summed E-state index contributed by atoms with van der Waals surface area (Å²) in [5.74, 6) is -0.0789. The molecule has 0 fully saturated rings. The predicted octanol–water partition coefficient (Wildman–Crippen LogP) is 7.11. The lowest BCUT2D eigenvalue weighted by Crippen LogP contribution is -2.37. The summed E-state index contributed by atoms with van der Waals surface area (Å²) in [6.07, 6.45) is 8.01. The van der Waals surface area contributed by atoms with Crippen LogP contribution in [0.3, 0.4) is 0 Å². The van der Waals surface area contributed by atoms with Gasteiger partial charge in [-0.2, -0.15) is 0 Å². The van der Waals surface area contributed by atoms with Crippen LogP contribution in [0.1, 0.15) is 92.9 Å². The van der Waals surface area contributed by atoms with Crippen LogP contribution in [0, 0.1) is 0 Å². The first-order chi connectivity index (χ1) is 12.3. The Labute approximate surface area is 162 Å². The Kier molecular flexibility index (Phi) is 13.2. The van der Waals surface area contributed by atoms with Gasteiger partial charge in [0.1, 0.15) is 0 Å². The molecule has 0 aliphatic rings. The number of halogens is 1. The molecule has 26 heavy (non-hydrogen) atoms. The van der Waals surface area contributed by atoms with E-state index in [-0.39, 0.29) is 11.9 Å². The van der Waals surface area contributed by atoms with E-state index in [0.29, 0.717) is 12.5 Å². The first-order valence-corrected chi connectivity index (χ1v) is 10.6. The summed E-state index contributed by atoms with van der Waals surface area (Å²) in [7, 11) is 0. The van der Waals surface area contributed by atoms with Gasteiger partial charge in [-0.05, 0) is 51.5 Å². The van der Waals surface area contributed by atoms with E-state index < -0.39 is 0 Å². The molecule has 0 aromatic carbocycles. The summed E-state index contributed by atoms with van der Waals surface area (Å²) in [5.41, 5.74) is 2.93. The highest BCUT2D eigenvalue weighted by atomic mass is 19.1. The van der Waals surface area contributed by atoms with Gasteiger partial charge in [0.15, 0.2) is 0 Å². The third-order valence-electron chi connectivity index (χ3n) is 5.18. The second kappa shape index (κ2) is 13.9. The fourth-order valence-corrected chi connectivity index (χ4v) is 3.29. The van der Waals surface area contributed by atoms with E-state index in [4.69, 9.17) is 0 Å². The third kappa shape index (κ3) is 8.91. The second-order valence-corrected chi connectivity index (χ2v) is 7.39. The minimum absolute atomic E-state index is 0.0601. The maximum Gasteiger partial charge on any atom is 0.0981 e. The van der Waals surface area contributed by atoms with Gasteiger partial charge in [-0.25, -0.2) is 4.39 Å². The Morgan fingerprint density at radius 1 is 1.08 bits per heavy atom. The minimum atomic E-state index is -0.0789. The summed E-state index contributed by atoms with van der Waals surface area (Å²) >= 11 is 0. The predicted molar refractivity (Wildman–Crippen MR) is 115 cm³/mol. The molecule has 0 saturated carbocycles. The Balaban J connectivity index is 5.32. The van der Waals surface area contributed by atoms with Crippen LogP contribution in [0.15, 0.2) is 36.0 Å². The molecule has 1 N–H and O–H groups in total. The smallest absolute Gasteiger partial charge is 0.0981 e. The van der Waals surface area contributed by atoms with E-state index in [0.717, 1.165) is 62.0 Å². The maximum atomic E-state index is 14.2. The number of allylic oxidation sites excluding steroid dienone is 2. The largest absolute Gasteiger partial charge is 0.382 e. The average molecular weight is 367 g/mol. The average Bonchev–Trinajstić information content (AvgIpc) is 2.60. The van der Waals surface area contributed by atoms with Crippen molar-refractivity contribution in [3.05, 3.63) is 36.0 Å². The topological polar surface area (TPSA) is 15.3 Å². The number of hydrogen-bond acceptors (Lipinski definition) is 2. The summed E-state index contributed by atoms with van der Waals surface area (Å²) in [6.45, 7) is 22.0. The maximum absolute atomic E-state index is 14.2. The molecule has 0 aromatic heterocycles. The summed E-state index contributed by atoms with van der Waals surface area (Å²) in [6, 6.07) is 0.397. The van der Waals surface area contributed by atoms with Crippen molar-refractivity contribution < 1.29 is 4.39 Å². The number of unbranched alkanes of at least 4 members (excludes halogenated alkanes) is 2. The number of nitrogens with one attached hydrogen (secondary N) is 1. The van der Waals surface area contributed by atoms with E-state index in [1.807, 2.05) is 6.92 Å². The third-order valence-corrected chi connectivity index (χ3v) is 5.18. The molecular formula is C23H43FN2. The molecule has 0 aliphatic heterocycles. The van der Waals surface area contributed by atoms with Crippen molar-refractivity contribution in [2.24, 2.45) is 0 Å². The van der Waals surface area contributed by atoms with E-state index in [2.05, 4.69) is 51.1 Å². The van der Waals surface area contributed by atoms with E-state index in [1.54, 1.807) is 6.92 Å². The van der Waals surface area contributed by atoms with Gasteiger partial charge in [-0.15, -0.1) is 0 Å². The van der Waals surface area contributed by atoms with Gasteiger partial charge in [0.25, 0.3) is 0 Å². The Hall–Kier alpha value is -1.25. The van der Waals surface area contributed by atoms with Crippen LogP contribution in [-0.4, -0.2) is 23.5 Å². The van der Waals surface area contributed by atoms with E-state index in [9.17, 15) is 4.39 Å². The molecule has 0 spiro atoms. The van der Waals surface area contributed by atoms with Gasteiger partial charge < -0.3 is 10.2 Å². The number of rotatable bonds is 15. The molecule has 0 heterocycles. The first kappa shape index (κ1) is 24.8. The van der Waals surface area contributed by atoms with Gasteiger partial charge in [-0.1, -0.05) is 53.7 Å². The summed E-state index contributed by atoms with van der Waals surface area (Å²) < 4.78 is 14.2.